The van der Waals surface area contributed by atoms with Crippen LogP contribution in [-0.2, 0) is 25.4 Å². The quantitative estimate of drug-likeness (QED) is 0.364. The number of phenolic OH excluding ortho intramolecular Hbond substituents is 1. The van der Waals surface area contributed by atoms with Crippen LogP contribution in [0, 0.1) is 32.8 Å². The first-order valence-corrected chi connectivity index (χ1v) is 10.6. The molecule has 5 heteroatoms. The van der Waals surface area contributed by atoms with Gasteiger partial charge in [0.1, 0.15) is 5.75 Å². The number of aromatic hydroxyl groups is 1. The molecular formula is C23H36Cl2OSiTi. The standard InChI is InChI=1S/C13H19OSi.C9H13.CH2.2ClH.Ti/c1-7-8(2)10(13(4,5)6)12(15)11(14)9(7)3;1-6-5-7(2)9(4)8(6)3;;;;/h14H,1-6H3;6H,1-4H3;1H2;2*1H;/q;-1;;;;+1. The summed E-state index contributed by atoms with van der Waals surface area (Å²) in [6, 6.07) is 0. The fourth-order valence-corrected chi connectivity index (χ4v) is 3.99. The van der Waals surface area contributed by atoms with E-state index in [9.17, 15) is 5.11 Å². The second kappa shape index (κ2) is 13.2. The van der Waals surface area contributed by atoms with Crippen molar-refractivity contribution < 1.29 is 25.1 Å². The molecule has 0 heterocycles. The second-order valence-electron chi connectivity index (χ2n) is 8.02. The molecule has 1 unspecified atom stereocenters. The molecule has 2 rings (SSSR count). The van der Waals surface area contributed by atoms with Gasteiger partial charge in [0.05, 0.1) is 10.2 Å². The first kappa shape index (κ1) is 32.5. The van der Waals surface area contributed by atoms with E-state index in [0.29, 0.717) is 11.7 Å². The number of halogens is 2. The van der Waals surface area contributed by atoms with Gasteiger partial charge in [-0.25, -0.2) is 5.57 Å². The number of rotatable bonds is 0. The molecular weight excluding hydrogens is 439 g/mol. The average molecular weight is 475 g/mol. The average Bonchev–Trinajstić information content (AvgIpc) is 2.78. The van der Waals surface area contributed by atoms with Crippen LogP contribution in [0.1, 0.15) is 70.7 Å². The van der Waals surface area contributed by atoms with E-state index in [4.69, 9.17) is 0 Å². The number of phenols is 1. The number of hydrogen-bond acceptors (Lipinski definition) is 1. The number of benzene rings is 1. The molecule has 1 aliphatic rings. The first-order valence-electron chi connectivity index (χ1n) is 8.98. The van der Waals surface area contributed by atoms with Crippen molar-refractivity contribution in [2.75, 3.05) is 0 Å². The van der Waals surface area contributed by atoms with Crippen molar-refractivity contribution in [1.29, 1.82) is 0 Å². The van der Waals surface area contributed by atoms with E-state index < -0.39 is 0 Å². The third-order valence-electron chi connectivity index (χ3n) is 5.33. The van der Waals surface area contributed by atoms with E-state index in [1.165, 1.54) is 33.4 Å². The summed E-state index contributed by atoms with van der Waals surface area (Å²) in [6.45, 7) is 21.3. The molecule has 0 spiro atoms. The molecule has 1 N–H and O–H groups in total. The van der Waals surface area contributed by atoms with Crippen molar-refractivity contribution in [3.63, 3.8) is 0 Å². The first-order chi connectivity index (χ1) is 11.8. The molecule has 1 aromatic carbocycles. The van der Waals surface area contributed by atoms with Crippen molar-refractivity contribution >= 4 is 45.1 Å². The molecule has 1 atom stereocenters. The monoisotopic (exact) mass is 474 g/mol. The van der Waals surface area contributed by atoms with Crippen molar-refractivity contribution in [2.24, 2.45) is 5.92 Å². The van der Waals surface area contributed by atoms with Crippen LogP contribution in [0.25, 0.3) is 0 Å². The summed E-state index contributed by atoms with van der Waals surface area (Å²) in [4.78, 5) is 3.25. The fourth-order valence-electron chi connectivity index (χ4n) is 3.24. The Balaban J connectivity index is -0.000000416. The van der Waals surface area contributed by atoms with Gasteiger partial charge in [-0.3, -0.25) is 6.08 Å². The summed E-state index contributed by atoms with van der Waals surface area (Å²) in [6.07, 6.45) is 3.36. The zero-order valence-corrected chi connectivity index (χ0v) is 23.2. The third-order valence-corrected chi connectivity index (χ3v) is 5.82. The molecule has 156 valence electrons. The predicted octanol–water partition coefficient (Wildman–Crippen LogP) is 5.94. The minimum absolute atomic E-state index is 0. The normalized spacial score (nSPS) is 15.3. The van der Waals surface area contributed by atoms with Crippen molar-refractivity contribution in [2.45, 2.75) is 74.7 Å². The van der Waals surface area contributed by atoms with Gasteiger partial charge >= 0.3 is 24.8 Å². The van der Waals surface area contributed by atoms with E-state index >= 15 is 0 Å². The summed E-state index contributed by atoms with van der Waals surface area (Å²) in [5, 5.41) is 10.8. The van der Waals surface area contributed by atoms with Crippen LogP contribution in [0.4, 0.5) is 0 Å². The van der Waals surface area contributed by atoms with E-state index in [1.54, 1.807) is 20.0 Å². The predicted molar refractivity (Wildman–Crippen MR) is 128 cm³/mol. The molecule has 0 aliphatic heterocycles. The van der Waals surface area contributed by atoms with Gasteiger partial charge in [-0.1, -0.05) is 47.5 Å². The van der Waals surface area contributed by atoms with Gasteiger partial charge in [0.25, 0.3) is 0 Å². The Bertz CT molecular complexity index is 702. The van der Waals surface area contributed by atoms with Gasteiger partial charge in [-0.05, 0) is 53.6 Å². The molecule has 1 aromatic rings. The molecule has 1 nitrogen and oxygen atoms in total. The maximum absolute atomic E-state index is 10.0. The maximum atomic E-state index is 10.0. The summed E-state index contributed by atoms with van der Waals surface area (Å²) in [7, 11) is 3.56. The van der Waals surface area contributed by atoms with Gasteiger partial charge in [-0.15, -0.1) is 31.7 Å². The molecule has 0 bridgehead atoms. The van der Waals surface area contributed by atoms with Crippen LogP contribution in [0.3, 0.4) is 0 Å². The van der Waals surface area contributed by atoms with Gasteiger partial charge in [0.2, 0.25) is 0 Å². The van der Waals surface area contributed by atoms with Gasteiger partial charge in [0, 0.05) is 0 Å². The van der Waals surface area contributed by atoms with Gasteiger partial charge in [0.15, 0.2) is 0 Å². The Labute approximate surface area is 200 Å². The minimum atomic E-state index is 0. The fraction of sp³-hybridized carbons (Fsp3) is 0.522. The van der Waals surface area contributed by atoms with Crippen LogP contribution >= 0.6 is 24.8 Å². The Kier molecular flexibility index (Phi) is 15.4. The number of allylic oxidation sites excluding steroid dienone is 4. The third kappa shape index (κ3) is 7.61. The van der Waals surface area contributed by atoms with Crippen molar-refractivity contribution in [3.05, 3.63) is 45.0 Å². The molecule has 0 amide bonds. The van der Waals surface area contributed by atoms with Gasteiger partial charge in [-0.2, -0.15) is 11.1 Å². The van der Waals surface area contributed by atoms with E-state index in [0.717, 1.165) is 10.8 Å². The molecule has 3 radical (unpaired) electrons. The van der Waals surface area contributed by atoms with E-state index in [2.05, 4.69) is 83.4 Å². The SMILES string of the molecule is CC1=[C-]C(C)C(C)=C1C.Cc1c(C)c(O)c([Si])c(C(C)(C)C)c1C.Cl.Cl.[CH2]=[Ti+]. The molecule has 0 fully saturated rings. The van der Waals surface area contributed by atoms with E-state index in [1.807, 2.05) is 6.92 Å². The Morgan fingerprint density at radius 2 is 1.36 bits per heavy atom. The van der Waals surface area contributed by atoms with Crippen molar-refractivity contribution in [1.82, 2.24) is 0 Å². The molecule has 1 aliphatic carbocycles. The summed E-state index contributed by atoms with van der Waals surface area (Å²) < 4.78 is 0. The van der Waals surface area contributed by atoms with Crippen LogP contribution in [0.15, 0.2) is 16.7 Å². The number of hydrogen-bond donors (Lipinski definition) is 1. The molecule has 0 saturated heterocycles. The second-order valence-corrected chi connectivity index (χ2v) is 8.52. The van der Waals surface area contributed by atoms with Crippen molar-refractivity contribution in [3.8, 4) is 5.75 Å². The zero-order chi connectivity index (χ0) is 21.0. The summed E-state index contributed by atoms with van der Waals surface area (Å²) >= 11 is 1.75. The molecule has 28 heavy (non-hydrogen) atoms. The van der Waals surface area contributed by atoms with Crippen LogP contribution in [0.2, 0.25) is 0 Å². The summed E-state index contributed by atoms with van der Waals surface area (Å²) in [5.74, 6) is 0.935. The Morgan fingerprint density at radius 1 is 0.929 bits per heavy atom. The summed E-state index contributed by atoms with van der Waals surface area (Å²) in [5.41, 5.74) is 8.89. The van der Waals surface area contributed by atoms with Crippen LogP contribution < -0.4 is 5.19 Å². The van der Waals surface area contributed by atoms with Gasteiger partial charge < -0.3 is 5.11 Å². The molecule has 0 aromatic heterocycles. The Hall–Kier alpha value is -0.119. The van der Waals surface area contributed by atoms with Crippen LogP contribution in [-0.4, -0.2) is 20.2 Å². The van der Waals surface area contributed by atoms with Crippen LogP contribution in [0.5, 0.6) is 5.75 Å². The topological polar surface area (TPSA) is 20.2 Å². The van der Waals surface area contributed by atoms with E-state index in [-0.39, 0.29) is 30.2 Å². The Morgan fingerprint density at radius 3 is 1.61 bits per heavy atom. The molecule has 0 saturated carbocycles. The zero-order valence-electron chi connectivity index (χ0n) is 19.0.